The van der Waals surface area contributed by atoms with Gasteiger partial charge in [0.05, 0.1) is 5.60 Å². The van der Waals surface area contributed by atoms with Crippen molar-refractivity contribution in [2.24, 2.45) is 0 Å². The molecular weight excluding hydrogens is 348 g/mol. The topological polar surface area (TPSA) is 34.1 Å². The highest BCUT2D eigenvalue weighted by Crippen LogP contribution is 2.39. The van der Waals surface area contributed by atoms with Gasteiger partial charge in [-0.05, 0) is 53.5 Å². The zero-order valence-corrected chi connectivity index (χ0v) is 14.2. The molecule has 1 N–H and O–H groups in total. The van der Waals surface area contributed by atoms with Crippen molar-refractivity contribution in [2.45, 2.75) is 25.7 Å². The SMILES string of the molecule is CC1(C)OC(C=S)Nc2ccc(-c3cncc(Br)c3)cc21. The molecule has 2 heterocycles. The van der Waals surface area contributed by atoms with Crippen molar-refractivity contribution in [1.82, 2.24) is 4.98 Å². The molecule has 0 fully saturated rings. The number of halogens is 1. The Labute approximate surface area is 137 Å². The molecule has 1 aliphatic heterocycles. The lowest BCUT2D eigenvalue weighted by Crippen LogP contribution is -2.39. The summed E-state index contributed by atoms with van der Waals surface area (Å²) in [6.45, 7) is 4.11. The summed E-state index contributed by atoms with van der Waals surface area (Å²) >= 11 is 8.45. The average Bonchev–Trinajstić information content (AvgIpc) is 2.46. The molecule has 21 heavy (non-hydrogen) atoms. The van der Waals surface area contributed by atoms with Crippen LogP contribution in [0, 0.1) is 0 Å². The molecule has 0 amide bonds. The Morgan fingerprint density at radius 2 is 2.10 bits per heavy atom. The van der Waals surface area contributed by atoms with Crippen molar-refractivity contribution < 1.29 is 4.74 Å². The molecule has 3 rings (SSSR count). The summed E-state index contributed by atoms with van der Waals surface area (Å²) < 4.78 is 6.93. The highest BCUT2D eigenvalue weighted by atomic mass is 79.9. The quantitative estimate of drug-likeness (QED) is 0.796. The first-order chi connectivity index (χ1) is 9.99. The number of nitrogens with zero attached hydrogens (tertiary/aromatic N) is 1. The van der Waals surface area contributed by atoms with E-state index in [9.17, 15) is 0 Å². The van der Waals surface area contributed by atoms with Gasteiger partial charge < -0.3 is 10.1 Å². The molecule has 0 saturated heterocycles. The van der Waals surface area contributed by atoms with E-state index in [0.29, 0.717) is 0 Å². The maximum Gasteiger partial charge on any atom is 0.158 e. The molecule has 1 aliphatic rings. The predicted octanol–water partition coefficient (Wildman–Crippen LogP) is 4.51. The molecule has 3 nitrogen and oxygen atoms in total. The number of pyridine rings is 1. The Balaban J connectivity index is 2.07. The fourth-order valence-electron chi connectivity index (χ4n) is 2.54. The standard InChI is InChI=1S/C16H15BrN2OS/c1-16(2)13-6-10(11-5-12(17)8-18-7-11)3-4-14(13)19-15(9-21)20-16/h3-9,15,19H,1-2H3. The summed E-state index contributed by atoms with van der Waals surface area (Å²) in [6, 6.07) is 8.35. The Morgan fingerprint density at radius 3 is 2.81 bits per heavy atom. The fourth-order valence-corrected chi connectivity index (χ4v) is 3.03. The molecule has 0 radical (unpaired) electrons. The number of rotatable bonds is 2. The minimum Gasteiger partial charge on any atom is -0.356 e. The second kappa shape index (κ2) is 5.48. The van der Waals surface area contributed by atoms with Crippen molar-refractivity contribution in [1.29, 1.82) is 0 Å². The number of anilines is 1. The zero-order chi connectivity index (χ0) is 15.0. The lowest BCUT2D eigenvalue weighted by atomic mass is 9.91. The molecule has 1 aromatic carbocycles. The number of ether oxygens (including phenoxy) is 1. The molecule has 1 unspecified atom stereocenters. The van der Waals surface area contributed by atoms with Crippen LogP contribution in [0.2, 0.25) is 0 Å². The van der Waals surface area contributed by atoms with Crippen LogP contribution in [0.4, 0.5) is 5.69 Å². The number of nitrogens with one attached hydrogen (secondary N) is 1. The summed E-state index contributed by atoms with van der Waals surface area (Å²) in [6.07, 6.45) is 3.40. The van der Waals surface area contributed by atoms with Crippen LogP contribution < -0.4 is 5.32 Å². The third-order valence-corrected chi connectivity index (χ3v) is 4.23. The molecule has 0 spiro atoms. The summed E-state index contributed by atoms with van der Waals surface area (Å²) in [5.74, 6) is 0. The van der Waals surface area contributed by atoms with Gasteiger partial charge in [0.1, 0.15) is 0 Å². The maximum absolute atomic E-state index is 5.97. The summed E-state index contributed by atoms with van der Waals surface area (Å²) in [7, 11) is 0. The molecule has 5 heteroatoms. The highest BCUT2D eigenvalue weighted by molar-refractivity contribution is 9.10. The highest BCUT2D eigenvalue weighted by Gasteiger charge is 2.32. The molecule has 1 aromatic heterocycles. The van der Waals surface area contributed by atoms with Gasteiger partial charge in [0, 0.05) is 39.0 Å². The van der Waals surface area contributed by atoms with E-state index in [1.54, 1.807) is 11.6 Å². The van der Waals surface area contributed by atoms with Crippen LogP contribution in [0.25, 0.3) is 11.1 Å². The number of benzene rings is 1. The Bertz CT molecular complexity index is 702. The third-order valence-electron chi connectivity index (χ3n) is 3.55. The number of hydrogen-bond donors (Lipinski definition) is 1. The van der Waals surface area contributed by atoms with Crippen molar-refractivity contribution in [2.75, 3.05) is 5.32 Å². The predicted molar refractivity (Wildman–Crippen MR) is 92.5 cm³/mol. The lowest BCUT2D eigenvalue weighted by Gasteiger charge is -2.37. The van der Waals surface area contributed by atoms with Crippen molar-refractivity contribution >= 4 is 39.2 Å². The van der Waals surface area contributed by atoms with Crippen molar-refractivity contribution in [3.8, 4) is 11.1 Å². The van der Waals surface area contributed by atoms with Gasteiger partial charge >= 0.3 is 0 Å². The van der Waals surface area contributed by atoms with E-state index >= 15 is 0 Å². The number of hydrogen-bond acceptors (Lipinski definition) is 4. The van der Waals surface area contributed by atoms with Gasteiger partial charge in [0.2, 0.25) is 0 Å². The lowest BCUT2D eigenvalue weighted by molar-refractivity contribution is -0.0406. The Kier molecular flexibility index (Phi) is 3.82. The third kappa shape index (κ3) is 2.86. The first-order valence-electron chi connectivity index (χ1n) is 6.65. The van der Waals surface area contributed by atoms with E-state index in [1.807, 2.05) is 6.20 Å². The zero-order valence-electron chi connectivity index (χ0n) is 11.8. The van der Waals surface area contributed by atoms with E-state index in [-0.39, 0.29) is 6.23 Å². The van der Waals surface area contributed by atoms with Gasteiger partial charge in [-0.3, -0.25) is 4.98 Å². The van der Waals surface area contributed by atoms with Crippen molar-refractivity contribution in [3.05, 3.63) is 46.7 Å². The normalized spacial score (nSPS) is 19.5. The molecule has 1 atom stereocenters. The van der Waals surface area contributed by atoms with Crippen LogP contribution in [0.3, 0.4) is 0 Å². The van der Waals surface area contributed by atoms with Crippen LogP contribution >= 0.6 is 28.1 Å². The summed E-state index contributed by atoms with van der Waals surface area (Å²) in [4.78, 5) is 4.22. The number of fused-ring (bicyclic) bond motifs is 1. The Morgan fingerprint density at radius 1 is 1.29 bits per heavy atom. The monoisotopic (exact) mass is 362 g/mol. The van der Waals surface area contributed by atoms with E-state index in [0.717, 1.165) is 26.9 Å². The molecule has 2 aromatic rings. The second-order valence-electron chi connectivity index (χ2n) is 5.48. The molecule has 0 saturated carbocycles. The average molecular weight is 363 g/mol. The largest absolute Gasteiger partial charge is 0.356 e. The van der Waals surface area contributed by atoms with Gasteiger partial charge in [-0.2, -0.15) is 0 Å². The number of aromatic nitrogens is 1. The molecular formula is C16H15BrN2OS. The van der Waals surface area contributed by atoms with Crippen molar-refractivity contribution in [3.63, 3.8) is 0 Å². The van der Waals surface area contributed by atoms with E-state index in [1.165, 1.54) is 0 Å². The van der Waals surface area contributed by atoms with Gasteiger partial charge in [0.25, 0.3) is 0 Å². The van der Waals surface area contributed by atoms with Gasteiger partial charge in [-0.25, -0.2) is 0 Å². The second-order valence-corrected chi connectivity index (χ2v) is 6.67. The van der Waals surface area contributed by atoms with Crippen LogP contribution in [0.15, 0.2) is 41.1 Å². The Hall–Kier alpha value is -1.30. The maximum atomic E-state index is 5.97. The van der Waals surface area contributed by atoms with Crippen LogP contribution in [-0.4, -0.2) is 16.6 Å². The van der Waals surface area contributed by atoms with Crippen LogP contribution in [0.5, 0.6) is 0 Å². The van der Waals surface area contributed by atoms with Gasteiger partial charge in [0.15, 0.2) is 6.23 Å². The fraction of sp³-hybridized carbons (Fsp3) is 0.250. The minimum absolute atomic E-state index is 0.235. The van der Waals surface area contributed by atoms with E-state index < -0.39 is 5.60 Å². The van der Waals surface area contributed by atoms with E-state index in [4.69, 9.17) is 17.0 Å². The summed E-state index contributed by atoms with van der Waals surface area (Å²) in [5.41, 5.74) is 3.97. The summed E-state index contributed by atoms with van der Waals surface area (Å²) in [5, 5.41) is 4.89. The first-order valence-corrected chi connectivity index (χ1v) is 7.91. The van der Waals surface area contributed by atoms with Gasteiger partial charge in [-0.15, -0.1) is 0 Å². The van der Waals surface area contributed by atoms with E-state index in [2.05, 4.69) is 64.3 Å². The molecule has 108 valence electrons. The molecule has 0 aliphatic carbocycles. The molecule has 0 bridgehead atoms. The van der Waals surface area contributed by atoms with Crippen LogP contribution in [-0.2, 0) is 10.3 Å². The smallest absolute Gasteiger partial charge is 0.158 e. The first kappa shape index (κ1) is 14.6. The van der Waals surface area contributed by atoms with Crippen LogP contribution in [0.1, 0.15) is 19.4 Å². The van der Waals surface area contributed by atoms with Gasteiger partial charge in [-0.1, -0.05) is 18.3 Å². The number of thiocarbonyl (C=S) groups is 1. The minimum atomic E-state index is -0.393.